The van der Waals surface area contributed by atoms with Crippen LogP contribution in [0.2, 0.25) is 0 Å². The normalized spacial score (nSPS) is 18.6. The van der Waals surface area contributed by atoms with Gasteiger partial charge in [-0.3, -0.25) is 10.1 Å². The van der Waals surface area contributed by atoms with Crippen molar-refractivity contribution < 1.29 is 10.0 Å². The molecule has 0 bridgehead atoms. The quantitative estimate of drug-likeness (QED) is 0.591. The monoisotopic (exact) mass is 293 g/mol. The Balaban J connectivity index is 1.81. The number of hydrogen-bond acceptors (Lipinski definition) is 5. The summed E-state index contributed by atoms with van der Waals surface area (Å²) in [5, 5.41) is 24.1. The highest BCUT2D eigenvalue weighted by molar-refractivity contribution is 5.35. The number of nitrogens with zero attached hydrogens (tertiary/aromatic N) is 2. The van der Waals surface area contributed by atoms with E-state index in [1.807, 2.05) is 13.0 Å². The first-order valence-corrected chi connectivity index (χ1v) is 7.44. The first-order chi connectivity index (χ1) is 10.1. The summed E-state index contributed by atoms with van der Waals surface area (Å²) < 4.78 is 0. The number of non-ortho nitro benzene ring substituents is 1. The van der Waals surface area contributed by atoms with Gasteiger partial charge in [-0.05, 0) is 38.4 Å². The first-order valence-electron chi connectivity index (χ1n) is 7.44. The van der Waals surface area contributed by atoms with Crippen LogP contribution in [0.1, 0.15) is 31.4 Å². The van der Waals surface area contributed by atoms with Crippen molar-refractivity contribution >= 4 is 5.69 Å². The van der Waals surface area contributed by atoms with E-state index in [2.05, 4.69) is 10.2 Å². The second-order valence-electron chi connectivity index (χ2n) is 5.64. The van der Waals surface area contributed by atoms with Gasteiger partial charge in [-0.2, -0.15) is 0 Å². The maximum atomic E-state index is 10.8. The van der Waals surface area contributed by atoms with Crippen molar-refractivity contribution in [1.29, 1.82) is 0 Å². The number of benzene rings is 1. The molecule has 0 aliphatic carbocycles. The molecule has 2 N–H and O–H groups in total. The van der Waals surface area contributed by atoms with E-state index < -0.39 is 11.0 Å². The molecule has 1 saturated heterocycles. The van der Waals surface area contributed by atoms with Gasteiger partial charge in [0, 0.05) is 31.3 Å². The summed E-state index contributed by atoms with van der Waals surface area (Å²) in [6.07, 6.45) is 2.01. The van der Waals surface area contributed by atoms with Crippen LogP contribution in [0.5, 0.6) is 0 Å². The van der Waals surface area contributed by atoms with Gasteiger partial charge in [0.05, 0.1) is 11.0 Å². The Morgan fingerprint density at radius 1 is 1.43 bits per heavy atom. The molecular formula is C15H23N3O3. The highest BCUT2D eigenvalue weighted by atomic mass is 16.6. The third-order valence-corrected chi connectivity index (χ3v) is 3.91. The maximum absolute atomic E-state index is 10.8. The summed E-state index contributed by atoms with van der Waals surface area (Å²) in [5.74, 6) is 0. The zero-order valence-electron chi connectivity index (χ0n) is 12.4. The van der Waals surface area contributed by atoms with E-state index in [4.69, 9.17) is 0 Å². The maximum Gasteiger partial charge on any atom is 0.269 e. The summed E-state index contributed by atoms with van der Waals surface area (Å²) in [7, 11) is 0. The third kappa shape index (κ3) is 4.77. The fraction of sp³-hybridized carbons (Fsp3) is 0.600. The van der Waals surface area contributed by atoms with Gasteiger partial charge in [0.2, 0.25) is 0 Å². The number of aliphatic hydroxyl groups excluding tert-OH is 1. The summed E-state index contributed by atoms with van der Waals surface area (Å²) in [5.41, 5.74) is 0.955. The molecule has 21 heavy (non-hydrogen) atoms. The van der Waals surface area contributed by atoms with Crippen LogP contribution in [-0.2, 0) is 0 Å². The second-order valence-corrected chi connectivity index (χ2v) is 5.64. The molecule has 1 aliphatic heterocycles. The number of nitro benzene ring substituents is 1. The predicted octanol–water partition coefficient (Wildman–Crippen LogP) is 1.70. The molecule has 1 heterocycles. The van der Waals surface area contributed by atoms with Gasteiger partial charge in [-0.25, -0.2) is 0 Å². The molecule has 6 heteroatoms. The van der Waals surface area contributed by atoms with Crippen LogP contribution >= 0.6 is 0 Å². The Bertz CT molecular complexity index is 475. The fourth-order valence-electron chi connectivity index (χ4n) is 2.67. The lowest BCUT2D eigenvalue weighted by Gasteiger charge is -2.21. The Kier molecular flexibility index (Phi) is 5.67. The highest BCUT2D eigenvalue weighted by Crippen LogP contribution is 2.18. The molecule has 2 rings (SSSR count). The average molecular weight is 293 g/mol. The van der Waals surface area contributed by atoms with Crippen LogP contribution in [0.25, 0.3) is 0 Å². The van der Waals surface area contributed by atoms with Gasteiger partial charge in [-0.1, -0.05) is 12.1 Å². The van der Waals surface area contributed by atoms with Crippen molar-refractivity contribution in [3.8, 4) is 0 Å². The van der Waals surface area contributed by atoms with Gasteiger partial charge in [0.15, 0.2) is 0 Å². The Labute approximate surface area is 124 Å². The zero-order valence-corrected chi connectivity index (χ0v) is 12.4. The molecule has 6 nitrogen and oxygen atoms in total. The van der Waals surface area contributed by atoms with Gasteiger partial charge in [0.25, 0.3) is 5.69 Å². The van der Waals surface area contributed by atoms with Crippen molar-refractivity contribution in [2.45, 2.75) is 31.9 Å². The lowest BCUT2D eigenvalue weighted by Crippen LogP contribution is -2.37. The minimum absolute atomic E-state index is 0.0295. The summed E-state index contributed by atoms with van der Waals surface area (Å²) in [6.45, 7) is 5.26. The van der Waals surface area contributed by atoms with E-state index in [1.165, 1.54) is 18.9 Å². The minimum Gasteiger partial charge on any atom is -0.390 e. The molecule has 1 aliphatic rings. The van der Waals surface area contributed by atoms with E-state index in [0.29, 0.717) is 13.1 Å². The summed E-state index contributed by atoms with van der Waals surface area (Å²) in [6, 6.07) is 6.57. The second kappa shape index (κ2) is 7.49. The van der Waals surface area contributed by atoms with E-state index in [0.717, 1.165) is 18.7 Å². The Morgan fingerprint density at radius 2 is 2.14 bits per heavy atom. The molecule has 0 amide bonds. The van der Waals surface area contributed by atoms with Crippen LogP contribution < -0.4 is 5.32 Å². The standard InChI is InChI=1S/C15H23N3O3/c1-12(13-5-4-6-14(9-13)18(20)21)16-10-15(19)11-17-7-2-3-8-17/h4-6,9,12,15-16,19H,2-3,7-8,10-11H2,1H3. The van der Waals surface area contributed by atoms with Crippen molar-refractivity contribution in [1.82, 2.24) is 10.2 Å². The molecule has 0 spiro atoms. The molecule has 1 aromatic carbocycles. The van der Waals surface area contributed by atoms with Gasteiger partial charge < -0.3 is 15.3 Å². The van der Waals surface area contributed by atoms with Crippen molar-refractivity contribution in [2.24, 2.45) is 0 Å². The largest absolute Gasteiger partial charge is 0.390 e. The first kappa shape index (κ1) is 15.9. The number of aliphatic hydroxyl groups is 1. The molecule has 0 radical (unpaired) electrons. The lowest BCUT2D eigenvalue weighted by atomic mass is 10.1. The lowest BCUT2D eigenvalue weighted by molar-refractivity contribution is -0.384. The van der Waals surface area contributed by atoms with Crippen molar-refractivity contribution in [3.05, 3.63) is 39.9 Å². The molecule has 0 aromatic heterocycles. The van der Waals surface area contributed by atoms with Gasteiger partial charge >= 0.3 is 0 Å². The van der Waals surface area contributed by atoms with E-state index in [-0.39, 0.29) is 11.7 Å². The minimum atomic E-state index is -0.413. The molecule has 0 saturated carbocycles. The topological polar surface area (TPSA) is 78.6 Å². The van der Waals surface area contributed by atoms with Crippen LogP contribution in [-0.4, -0.2) is 47.2 Å². The predicted molar refractivity (Wildman–Crippen MR) is 81.2 cm³/mol. The Hall–Kier alpha value is -1.50. The summed E-state index contributed by atoms with van der Waals surface area (Å²) in [4.78, 5) is 12.7. The molecular weight excluding hydrogens is 270 g/mol. The number of rotatable bonds is 7. The molecule has 2 atom stereocenters. The number of hydrogen-bond donors (Lipinski definition) is 2. The smallest absolute Gasteiger partial charge is 0.269 e. The number of nitro groups is 1. The van der Waals surface area contributed by atoms with Crippen molar-refractivity contribution in [3.63, 3.8) is 0 Å². The van der Waals surface area contributed by atoms with Crippen LogP contribution in [0.15, 0.2) is 24.3 Å². The number of nitrogens with one attached hydrogen (secondary N) is 1. The summed E-state index contributed by atoms with van der Waals surface area (Å²) >= 11 is 0. The zero-order chi connectivity index (χ0) is 15.2. The number of likely N-dealkylation sites (tertiary alicyclic amines) is 1. The molecule has 1 aromatic rings. The van der Waals surface area contributed by atoms with E-state index in [1.54, 1.807) is 12.1 Å². The van der Waals surface area contributed by atoms with Crippen LogP contribution in [0.4, 0.5) is 5.69 Å². The SMILES string of the molecule is CC(NCC(O)CN1CCCC1)c1cccc([N+](=O)[O-])c1. The fourth-order valence-corrected chi connectivity index (χ4v) is 2.67. The number of β-amino-alcohol motifs (C(OH)–C–C–N with tert-alkyl or cyclic N) is 1. The van der Waals surface area contributed by atoms with E-state index >= 15 is 0 Å². The van der Waals surface area contributed by atoms with E-state index in [9.17, 15) is 15.2 Å². The molecule has 2 unspecified atom stereocenters. The van der Waals surface area contributed by atoms with Gasteiger partial charge in [0.1, 0.15) is 0 Å². The van der Waals surface area contributed by atoms with Crippen LogP contribution in [0.3, 0.4) is 0 Å². The molecule has 1 fully saturated rings. The highest BCUT2D eigenvalue weighted by Gasteiger charge is 2.17. The Morgan fingerprint density at radius 3 is 2.81 bits per heavy atom. The average Bonchev–Trinajstić information content (AvgIpc) is 2.97. The molecule has 116 valence electrons. The third-order valence-electron chi connectivity index (χ3n) is 3.91. The van der Waals surface area contributed by atoms with Gasteiger partial charge in [-0.15, -0.1) is 0 Å². The van der Waals surface area contributed by atoms with Crippen LogP contribution in [0, 0.1) is 10.1 Å². The van der Waals surface area contributed by atoms with Crippen molar-refractivity contribution in [2.75, 3.05) is 26.2 Å².